The topological polar surface area (TPSA) is 4.93 Å². The molecule has 1 nitrogen and oxygen atoms in total. The molecule has 78 valence electrons. The Bertz CT molecular complexity index is 508. The van der Waals surface area contributed by atoms with Crippen molar-refractivity contribution in [1.82, 2.24) is 4.57 Å². The SMILES string of the molecule is Cn1c(C2CCC2)cc2c(Br)cccc21. The molecular weight excluding hydrogens is 250 g/mol. The molecule has 1 saturated carbocycles. The number of hydrogen-bond acceptors (Lipinski definition) is 0. The maximum absolute atomic E-state index is 3.62. The zero-order valence-electron chi connectivity index (χ0n) is 8.83. The van der Waals surface area contributed by atoms with E-state index >= 15 is 0 Å². The predicted molar refractivity (Wildman–Crippen MR) is 67.2 cm³/mol. The summed E-state index contributed by atoms with van der Waals surface area (Å²) < 4.78 is 3.56. The third-order valence-corrected chi connectivity index (χ3v) is 4.29. The van der Waals surface area contributed by atoms with Crippen molar-refractivity contribution in [1.29, 1.82) is 0 Å². The van der Waals surface area contributed by atoms with Crippen LogP contribution in [-0.4, -0.2) is 4.57 Å². The second-order valence-electron chi connectivity index (χ2n) is 4.43. The molecule has 0 saturated heterocycles. The predicted octanol–water partition coefficient (Wildman–Crippen LogP) is 4.21. The lowest BCUT2D eigenvalue weighted by molar-refractivity contribution is 0.404. The smallest absolute Gasteiger partial charge is 0.0491 e. The zero-order chi connectivity index (χ0) is 10.4. The molecule has 0 atom stereocenters. The average molecular weight is 264 g/mol. The largest absolute Gasteiger partial charge is 0.347 e. The Labute approximate surface area is 98.2 Å². The molecule has 0 aliphatic heterocycles. The number of aryl methyl sites for hydroxylation is 1. The van der Waals surface area contributed by atoms with Gasteiger partial charge in [0, 0.05) is 28.1 Å². The molecule has 0 amide bonds. The minimum atomic E-state index is 0.800. The Morgan fingerprint density at radius 3 is 2.73 bits per heavy atom. The van der Waals surface area contributed by atoms with Gasteiger partial charge in [-0.25, -0.2) is 0 Å². The fraction of sp³-hybridized carbons (Fsp3) is 0.385. The van der Waals surface area contributed by atoms with Crippen LogP contribution in [0.4, 0.5) is 0 Å². The van der Waals surface area contributed by atoms with Gasteiger partial charge >= 0.3 is 0 Å². The minimum absolute atomic E-state index is 0.800. The molecule has 1 aliphatic carbocycles. The Morgan fingerprint density at radius 1 is 1.33 bits per heavy atom. The van der Waals surface area contributed by atoms with E-state index in [1.807, 2.05) is 0 Å². The lowest BCUT2D eigenvalue weighted by Crippen LogP contribution is -2.12. The molecule has 0 bridgehead atoms. The molecule has 1 aliphatic rings. The Balaban J connectivity index is 2.23. The van der Waals surface area contributed by atoms with Gasteiger partial charge in [0.15, 0.2) is 0 Å². The fourth-order valence-electron chi connectivity index (χ4n) is 2.44. The maximum atomic E-state index is 3.62. The van der Waals surface area contributed by atoms with Crippen molar-refractivity contribution < 1.29 is 0 Å². The number of aromatic nitrogens is 1. The van der Waals surface area contributed by atoms with Crippen molar-refractivity contribution in [2.75, 3.05) is 0 Å². The summed E-state index contributed by atoms with van der Waals surface area (Å²) in [6, 6.07) is 8.77. The lowest BCUT2D eigenvalue weighted by atomic mass is 9.83. The van der Waals surface area contributed by atoms with E-state index in [1.54, 1.807) is 0 Å². The van der Waals surface area contributed by atoms with Crippen molar-refractivity contribution in [2.45, 2.75) is 25.2 Å². The van der Waals surface area contributed by atoms with Crippen LogP contribution in [0.15, 0.2) is 28.7 Å². The average Bonchev–Trinajstić information content (AvgIpc) is 2.45. The summed E-state index contributed by atoms with van der Waals surface area (Å²) >= 11 is 3.62. The molecule has 0 unspecified atom stereocenters. The molecule has 1 aromatic carbocycles. The minimum Gasteiger partial charge on any atom is -0.347 e. The summed E-state index contributed by atoms with van der Waals surface area (Å²) in [5, 5.41) is 1.35. The number of nitrogens with zero attached hydrogens (tertiary/aromatic N) is 1. The summed E-state index contributed by atoms with van der Waals surface area (Å²) in [5.41, 5.74) is 2.84. The third kappa shape index (κ3) is 1.35. The monoisotopic (exact) mass is 263 g/mol. The van der Waals surface area contributed by atoms with Gasteiger partial charge in [0.05, 0.1) is 0 Å². The van der Waals surface area contributed by atoms with Gasteiger partial charge in [-0.15, -0.1) is 0 Å². The van der Waals surface area contributed by atoms with E-state index < -0.39 is 0 Å². The summed E-state index contributed by atoms with van der Waals surface area (Å²) in [5.74, 6) is 0.800. The molecule has 2 aromatic rings. The van der Waals surface area contributed by atoms with E-state index in [9.17, 15) is 0 Å². The van der Waals surface area contributed by atoms with Crippen LogP contribution in [0.2, 0.25) is 0 Å². The highest BCUT2D eigenvalue weighted by atomic mass is 79.9. The quantitative estimate of drug-likeness (QED) is 0.727. The van der Waals surface area contributed by atoms with E-state index in [0.717, 1.165) is 5.92 Å². The molecule has 2 heteroatoms. The van der Waals surface area contributed by atoms with Gasteiger partial charge in [-0.1, -0.05) is 28.4 Å². The molecular formula is C13H14BrN. The van der Waals surface area contributed by atoms with Crippen LogP contribution in [-0.2, 0) is 7.05 Å². The zero-order valence-corrected chi connectivity index (χ0v) is 10.4. The van der Waals surface area contributed by atoms with Gasteiger partial charge < -0.3 is 4.57 Å². The van der Waals surface area contributed by atoms with E-state index in [4.69, 9.17) is 0 Å². The van der Waals surface area contributed by atoms with Gasteiger partial charge in [-0.3, -0.25) is 0 Å². The lowest BCUT2D eigenvalue weighted by Gasteiger charge is -2.26. The number of fused-ring (bicyclic) bond motifs is 1. The number of halogens is 1. The molecule has 1 aromatic heterocycles. The van der Waals surface area contributed by atoms with Crippen LogP contribution < -0.4 is 0 Å². The van der Waals surface area contributed by atoms with Crippen LogP contribution >= 0.6 is 15.9 Å². The highest BCUT2D eigenvalue weighted by molar-refractivity contribution is 9.10. The van der Waals surface area contributed by atoms with Gasteiger partial charge in [-0.05, 0) is 37.0 Å². The molecule has 0 radical (unpaired) electrons. The first-order valence-electron chi connectivity index (χ1n) is 5.51. The summed E-state index contributed by atoms with van der Waals surface area (Å²) in [7, 11) is 2.18. The third-order valence-electron chi connectivity index (χ3n) is 3.59. The summed E-state index contributed by atoms with van der Waals surface area (Å²) in [4.78, 5) is 0. The molecule has 15 heavy (non-hydrogen) atoms. The molecule has 0 N–H and O–H groups in total. The second kappa shape index (κ2) is 3.38. The van der Waals surface area contributed by atoms with E-state index in [2.05, 4.69) is 51.8 Å². The van der Waals surface area contributed by atoms with Crippen molar-refractivity contribution in [3.63, 3.8) is 0 Å². The first-order valence-corrected chi connectivity index (χ1v) is 6.30. The van der Waals surface area contributed by atoms with Crippen LogP contribution in [0.5, 0.6) is 0 Å². The molecule has 3 rings (SSSR count). The van der Waals surface area contributed by atoms with Gasteiger partial charge in [0.2, 0.25) is 0 Å². The highest BCUT2D eigenvalue weighted by Crippen LogP contribution is 2.39. The van der Waals surface area contributed by atoms with Crippen LogP contribution in [0, 0.1) is 0 Å². The van der Waals surface area contributed by atoms with E-state index in [1.165, 1.54) is 40.3 Å². The Morgan fingerprint density at radius 2 is 2.13 bits per heavy atom. The molecule has 1 fully saturated rings. The number of rotatable bonds is 1. The number of benzene rings is 1. The van der Waals surface area contributed by atoms with E-state index in [-0.39, 0.29) is 0 Å². The van der Waals surface area contributed by atoms with Crippen LogP contribution in [0.3, 0.4) is 0 Å². The molecule has 1 heterocycles. The first-order chi connectivity index (χ1) is 7.27. The van der Waals surface area contributed by atoms with E-state index in [0.29, 0.717) is 0 Å². The Kier molecular flexibility index (Phi) is 2.13. The van der Waals surface area contributed by atoms with Crippen LogP contribution in [0.1, 0.15) is 30.9 Å². The summed E-state index contributed by atoms with van der Waals surface area (Å²) in [6.07, 6.45) is 4.12. The second-order valence-corrected chi connectivity index (χ2v) is 5.28. The van der Waals surface area contributed by atoms with Gasteiger partial charge in [0.1, 0.15) is 0 Å². The Hall–Kier alpha value is -0.760. The summed E-state index contributed by atoms with van der Waals surface area (Å²) in [6.45, 7) is 0. The highest BCUT2D eigenvalue weighted by Gasteiger charge is 2.23. The molecule has 0 spiro atoms. The standard InChI is InChI=1S/C13H14BrN/c1-15-12-7-3-6-11(14)10(12)8-13(15)9-4-2-5-9/h3,6-9H,2,4-5H2,1H3. The van der Waals surface area contributed by atoms with Crippen LogP contribution in [0.25, 0.3) is 10.9 Å². The van der Waals surface area contributed by atoms with Crippen molar-refractivity contribution in [3.8, 4) is 0 Å². The van der Waals surface area contributed by atoms with Crippen molar-refractivity contribution in [2.24, 2.45) is 7.05 Å². The van der Waals surface area contributed by atoms with Crippen molar-refractivity contribution in [3.05, 3.63) is 34.4 Å². The number of hydrogen-bond donors (Lipinski definition) is 0. The normalized spacial score (nSPS) is 16.9. The fourth-order valence-corrected chi connectivity index (χ4v) is 2.91. The maximum Gasteiger partial charge on any atom is 0.0491 e. The van der Waals surface area contributed by atoms with Gasteiger partial charge in [-0.2, -0.15) is 0 Å². The van der Waals surface area contributed by atoms with Crippen molar-refractivity contribution >= 4 is 26.8 Å². The first kappa shape index (κ1) is 9.46. The van der Waals surface area contributed by atoms with Gasteiger partial charge in [0.25, 0.3) is 0 Å².